The lowest BCUT2D eigenvalue weighted by Gasteiger charge is -2.19. The van der Waals surface area contributed by atoms with Crippen LogP contribution in [0.25, 0.3) is 0 Å². The Labute approximate surface area is 121 Å². The van der Waals surface area contributed by atoms with E-state index in [2.05, 4.69) is 16.9 Å². The maximum absolute atomic E-state index is 11.7. The molecule has 1 aromatic rings. The van der Waals surface area contributed by atoms with Gasteiger partial charge < -0.3 is 14.8 Å². The number of aromatic nitrogens is 1. The van der Waals surface area contributed by atoms with Crippen molar-refractivity contribution in [3.63, 3.8) is 0 Å². The van der Waals surface area contributed by atoms with Crippen LogP contribution in [0.3, 0.4) is 0 Å². The van der Waals surface area contributed by atoms with Crippen molar-refractivity contribution in [2.45, 2.75) is 26.4 Å². The molecule has 0 saturated heterocycles. The van der Waals surface area contributed by atoms with Gasteiger partial charge in [0.25, 0.3) is 0 Å². The van der Waals surface area contributed by atoms with Crippen molar-refractivity contribution in [2.24, 2.45) is 0 Å². The minimum Gasteiger partial charge on any atom is -0.457 e. The molecule has 1 heterocycles. The predicted octanol–water partition coefficient (Wildman–Crippen LogP) is 2.24. The van der Waals surface area contributed by atoms with Crippen LogP contribution in [-0.4, -0.2) is 35.7 Å². The number of thiazole rings is 1. The SMILES string of the molecule is C=CCNc1nc(C(=O)OCC(=O)OC(C)(C)C)cs1. The van der Waals surface area contributed by atoms with E-state index < -0.39 is 24.1 Å². The number of nitrogens with zero attached hydrogens (tertiary/aromatic N) is 1. The quantitative estimate of drug-likeness (QED) is 0.641. The Morgan fingerprint density at radius 1 is 1.50 bits per heavy atom. The molecule has 0 radical (unpaired) electrons. The summed E-state index contributed by atoms with van der Waals surface area (Å²) in [5.41, 5.74) is -0.448. The normalized spacial score (nSPS) is 10.8. The first kappa shape index (κ1) is 16.2. The Balaban J connectivity index is 2.44. The second-order valence-corrected chi connectivity index (χ2v) is 5.73. The van der Waals surface area contributed by atoms with Gasteiger partial charge in [0.2, 0.25) is 0 Å². The molecule has 0 amide bonds. The summed E-state index contributed by atoms with van der Waals surface area (Å²) in [5, 5.41) is 5.11. The van der Waals surface area contributed by atoms with Gasteiger partial charge in [-0.3, -0.25) is 0 Å². The van der Waals surface area contributed by atoms with Crippen molar-refractivity contribution < 1.29 is 19.1 Å². The van der Waals surface area contributed by atoms with Crippen LogP contribution in [0.1, 0.15) is 31.3 Å². The fourth-order valence-electron chi connectivity index (χ4n) is 1.18. The topological polar surface area (TPSA) is 77.5 Å². The number of esters is 2. The van der Waals surface area contributed by atoms with Crippen LogP contribution in [0.2, 0.25) is 0 Å². The van der Waals surface area contributed by atoms with Crippen LogP contribution in [0.4, 0.5) is 5.13 Å². The fraction of sp³-hybridized carbons (Fsp3) is 0.462. The van der Waals surface area contributed by atoms with Gasteiger partial charge in [-0.05, 0) is 20.8 Å². The Bertz CT molecular complexity index is 491. The van der Waals surface area contributed by atoms with Gasteiger partial charge in [-0.25, -0.2) is 14.6 Å². The number of carbonyl (C=O) groups is 2. The van der Waals surface area contributed by atoms with Crippen molar-refractivity contribution in [3.8, 4) is 0 Å². The number of ether oxygens (including phenoxy) is 2. The number of anilines is 1. The van der Waals surface area contributed by atoms with Crippen LogP contribution in [0, 0.1) is 0 Å². The van der Waals surface area contributed by atoms with Gasteiger partial charge in [0.15, 0.2) is 17.4 Å². The van der Waals surface area contributed by atoms with Crippen molar-refractivity contribution >= 4 is 28.4 Å². The lowest BCUT2D eigenvalue weighted by molar-refractivity contribution is -0.158. The lowest BCUT2D eigenvalue weighted by Crippen LogP contribution is -2.27. The summed E-state index contributed by atoms with van der Waals surface area (Å²) in [5.74, 6) is -1.25. The second kappa shape index (κ2) is 7.04. The zero-order valence-corrected chi connectivity index (χ0v) is 12.6. The lowest BCUT2D eigenvalue weighted by atomic mass is 10.2. The minimum atomic E-state index is -0.654. The van der Waals surface area contributed by atoms with E-state index in [0.717, 1.165) is 0 Å². The molecule has 1 rings (SSSR count). The zero-order chi connectivity index (χ0) is 15.2. The summed E-state index contributed by atoms with van der Waals surface area (Å²) in [6, 6.07) is 0. The highest BCUT2D eigenvalue weighted by molar-refractivity contribution is 7.13. The molecule has 6 nitrogen and oxygen atoms in total. The van der Waals surface area contributed by atoms with Gasteiger partial charge >= 0.3 is 11.9 Å². The van der Waals surface area contributed by atoms with Crippen LogP contribution < -0.4 is 5.32 Å². The number of hydrogen-bond acceptors (Lipinski definition) is 7. The van der Waals surface area contributed by atoms with Crippen molar-refractivity contribution in [1.29, 1.82) is 0 Å². The summed E-state index contributed by atoms with van der Waals surface area (Å²) in [6.45, 7) is 8.92. The van der Waals surface area contributed by atoms with E-state index in [4.69, 9.17) is 9.47 Å². The van der Waals surface area contributed by atoms with Gasteiger partial charge in [0.1, 0.15) is 5.60 Å². The molecule has 0 bridgehead atoms. The molecule has 0 unspecified atom stereocenters. The molecular formula is C13H18N2O4S. The molecule has 0 aromatic carbocycles. The first-order chi connectivity index (χ1) is 9.31. The summed E-state index contributed by atoms with van der Waals surface area (Å²) >= 11 is 1.28. The van der Waals surface area contributed by atoms with Crippen LogP contribution in [-0.2, 0) is 14.3 Å². The third-order valence-electron chi connectivity index (χ3n) is 1.85. The van der Waals surface area contributed by atoms with E-state index in [-0.39, 0.29) is 5.69 Å². The Hall–Kier alpha value is -1.89. The summed E-state index contributed by atoms with van der Waals surface area (Å²) in [6.07, 6.45) is 1.68. The average molecular weight is 298 g/mol. The Morgan fingerprint density at radius 2 is 2.20 bits per heavy atom. The van der Waals surface area contributed by atoms with Crippen LogP contribution >= 0.6 is 11.3 Å². The standard InChI is InChI=1S/C13H18N2O4S/c1-5-6-14-12-15-9(8-20-12)11(17)18-7-10(16)19-13(2,3)4/h5,8H,1,6-7H2,2-4H3,(H,14,15). The molecular weight excluding hydrogens is 280 g/mol. The maximum Gasteiger partial charge on any atom is 0.358 e. The molecule has 1 N–H and O–H groups in total. The average Bonchev–Trinajstić information content (AvgIpc) is 2.80. The molecule has 0 spiro atoms. The summed E-state index contributed by atoms with van der Waals surface area (Å²) < 4.78 is 9.86. The van der Waals surface area contributed by atoms with Gasteiger partial charge in [-0.15, -0.1) is 17.9 Å². The monoisotopic (exact) mass is 298 g/mol. The smallest absolute Gasteiger partial charge is 0.358 e. The van der Waals surface area contributed by atoms with Gasteiger partial charge in [-0.2, -0.15) is 0 Å². The molecule has 0 aliphatic rings. The number of rotatable bonds is 6. The zero-order valence-electron chi connectivity index (χ0n) is 11.8. The molecule has 20 heavy (non-hydrogen) atoms. The fourth-order valence-corrected chi connectivity index (χ4v) is 1.87. The molecule has 0 saturated carbocycles. The molecule has 0 atom stereocenters. The maximum atomic E-state index is 11.7. The third-order valence-corrected chi connectivity index (χ3v) is 2.65. The molecule has 0 aliphatic carbocycles. The predicted molar refractivity (Wildman–Crippen MR) is 76.9 cm³/mol. The molecule has 1 aromatic heterocycles. The first-order valence-electron chi connectivity index (χ1n) is 6.01. The van der Waals surface area contributed by atoms with Crippen molar-refractivity contribution in [1.82, 2.24) is 4.98 Å². The van der Waals surface area contributed by atoms with E-state index >= 15 is 0 Å². The van der Waals surface area contributed by atoms with Crippen LogP contribution in [0.5, 0.6) is 0 Å². The van der Waals surface area contributed by atoms with Gasteiger partial charge in [-0.1, -0.05) is 6.08 Å². The van der Waals surface area contributed by atoms with Crippen molar-refractivity contribution in [3.05, 3.63) is 23.7 Å². The highest BCUT2D eigenvalue weighted by atomic mass is 32.1. The Kier molecular flexibility index (Phi) is 5.69. The van der Waals surface area contributed by atoms with Crippen molar-refractivity contribution in [2.75, 3.05) is 18.5 Å². The van der Waals surface area contributed by atoms with Gasteiger partial charge in [0, 0.05) is 11.9 Å². The third kappa shape index (κ3) is 5.83. The number of hydrogen-bond donors (Lipinski definition) is 1. The highest BCUT2D eigenvalue weighted by Gasteiger charge is 2.19. The van der Waals surface area contributed by atoms with E-state index in [9.17, 15) is 9.59 Å². The first-order valence-corrected chi connectivity index (χ1v) is 6.89. The van der Waals surface area contributed by atoms with E-state index in [1.165, 1.54) is 11.3 Å². The second-order valence-electron chi connectivity index (χ2n) is 4.87. The molecule has 0 fully saturated rings. The minimum absolute atomic E-state index is 0.158. The van der Waals surface area contributed by atoms with E-state index in [1.807, 2.05) is 0 Å². The molecule has 7 heteroatoms. The Morgan fingerprint density at radius 3 is 2.80 bits per heavy atom. The highest BCUT2D eigenvalue weighted by Crippen LogP contribution is 2.16. The van der Waals surface area contributed by atoms with E-state index in [0.29, 0.717) is 11.7 Å². The van der Waals surface area contributed by atoms with Gasteiger partial charge in [0.05, 0.1) is 0 Å². The van der Waals surface area contributed by atoms with Crippen LogP contribution in [0.15, 0.2) is 18.0 Å². The van der Waals surface area contributed by atoms with E-state index in [1.54, 1.807) is 32.2 Å². The molecule has 0 aliphatic heterocycles. The summed E-state index contributed by atoms with van der Waals surface area (Å²) in [7, 11) is 0. The largest absolute Gasteiger partial charge is 0.457 e. The number of nitrogens with one attached hydrogen (secondary N) is 1. The molecule has 110 valence electrons. The number of carbonyl (C=O) groups excluding carboxylic acids is 2. The summed E-state index contributed by atoms with van der Waals surface area (Å²) in [4.78, 5) is 27.1.